The molecule has 0 saturated heterocycles. The van der Waals surface area contributed by atoms with Crippen molar-refractivity contribution >= 4 is 0 Å². The van der Waals surface area contributed by atoms with Crippen molar-refractivity contribution in [3.63, 3.8) is 0 Å². The molecule has 1 aromatic rings. The molecule has 1 aliphatic carbocycles. The highest BCUT2D eigenvalue weighted by Gasteiger charge is 2.46. The predicted molar refractivity (Wildman–Crippen MR) is 60.0 cm³/mol. The van der Waals surface area contributed by atoms with Gasteiger partial charge < -0.3 is 14.6 Å². The van der Waals surface area contributed by atoms with Crippen LogP contribution in [0, 0.1) is 13.8 Å². The van der Waals surface area contributed by atoms with Crippen molar-refractivity contribution in [1.29, 1.82) is 0 Å². The van der Waals surface area contributed by atoms with Crippen LogP contribution in [0.4, 0.5) is 0 Å². The lowest BCUT2D eigenvalue weighted by atomic mass is 9.95. The van der Waals surface area contributed by atoms with Crippen molar-refractivity contribution < 1.29 is 14.6 Å². The Morgan fingerprint density at radius 2 is 1.88 bits per heavy atom. The highest BCUT2D eigenvalue weighted by Crippen LogP contribution is 2.53. The van der Waals surface area contributed by atoms with E-state index in [1.165, 1.54) is 0 Å². The molecule has 1 heterocycles. The minimum absolute atomic E-state index is 0.568. The lowest BCUT2D eigenvalue weighted by Crippen LogP contribution is -2.20. The summed E-state index contributed by atoms with van der Waals surface area (Å²) in [6.45, 7) is 5.24. The van der Waals surface area contributed by atoms with Crippen LogP contribution >= 0.6 is 0 Å². The maximum Gasteiger partial charge on any atom is 0.167 e. The van der Waals surface area contributed by atoms with Gasteiger partial charge in [0.05, 0.1) is 5.60 Å². The van der Waals surface area contributed by atoms with E-state index in [9.17, 15) is 5.11 Å². The van der Waals surface area contributed by atoms with Gasteiger partial charge in [0, 0.05) is 5.56 Å². The van der Waals surface area contributed by atoms with Crippen molar-refractivity contribution in [2.24, 2.45) is 0 Å². The lowest BCUT2D eigenvalue weighted by molar-refractivity contribution is 0.129. The normalized spacial score (nSPS) is 20.7. The van der Waals surface area contributed by atoms with Gasteiger partial charge in [-0.1, -0.05) is 0 Å². The molecule has 2 aliphatic rings. The molecule has 0 amide bonds. The first-order valence-electron chi connectivity index (χ1n) is 5.74. The van der Waals surface area contributed by atoms with E-state index in [1.807, 2.05) is 19.9 Å². The summed E-state index contributed by atoms with van der Waals surface area (Å²) in [5.74, 6) is 1.54. The first-order chi connectivity index (χ1) is 7.62. The predicted octanol–water partition coefficient (Wildman–Crippen LogP) is 2.06. The Kier molecular flexibility index (Phi) is 1.96. The van der Waals surface area contributed by atoms with Gasteiger partial charge in [-0.25, -0.2) is 0 Å². The molecular weight excluding hydrogens is 204 g/mol. The Morgan fingerprint density at radius 3 is 2.56 bits per heavy atom. The average Bonchev–Trinajstić information content (AvgIpc) is 2.99. The molecule has 0 bridgehead atoms. The van der Waals surface area contributed by atoms with Crippen molar-refractivity contribution in [3.8, 4) is 11.5 Å². The fourth-order valence-corrected chi connectivity index (χ4v) is 2.34. The van der Waals surface area contributed by atoms with Gasteiger partial charge in [-0.05, 0) is 43.9 Å². The number of hydrogen-bond donors (Lipinski definition) is 1. The molecule has 0 unspecified atom stereocenters. The van der Waals surface area contributed by atoms with E-state index in [-0.39, 0.29) is 0 Å². The zero-order chi connectivity index (χ0) is 11.3. The molecule has 3 rings (SSSR count). The van der Waals surface area contributed by atoms with Gasteiger partial charge in [0.15, 0.2) is 11.5 Å². The summed E-state index contributed by atoms with van der Waals surface area (Å²) in [5.41, 5.74) is 2.56. The van der Waals surface area contributed by atoms with Crippen LogP contribution in [0.5, 0.6) is 11.5 Å². The molecular formula is C13H16O3. The van der Waals surface area contributed by atoms with Gasteiger partial charge in [0.25, 0.3) is 0 Å². The van der Waals surface area contributed by atoms with Crippen LogP contribution in [0.1, 0.15) is 29.5 Å². The maximum atomic E-state index is 10.3. The van der Waals surface area contributed by atoms with Gasteiger partial charge in [-0.15, -0.1) is 0 Å². The van der Waals surface area contributed by atoms with Crippen LogP contribution in [0.3, 0.4) is 0 Å². The second-order valence-corrected chi connectivity index (χ2v) is 4.75. The van der Waals surface area contributed by atoms with E-state index in [4.69, 9.17) is 9.47 Å². The van der Waals surface area contributed by atoms with Crippen molar-refractivity contribution in [3.05, 3.63) is 22.8 Å². The van der Waals surface area contributed by atoms with Crippen molar-refractivity contribution in [1.82, 2.24) is 0 Å². The average molecular weight is 220 g/mol. The summed E-state index contributed by atoms with van der Waals surface area (Å²) >= 11 is 0. The third-order valence-electron chi connectivity index (χ3n) is 3.54. The summed E-state index contributed by atoms with van der Waals surface area (Å²) in [6.07, 6.45) is 1.65. The Labute approximate surface area is 95.0 Å². The van der Waals surface area contributed by atoms with Crippen LogP contribution in [0.15, 0.2) is 6.07 Å². The number of benzene rings is 1. The van der Waals surface area contributed by atoms with E-state index in [2.05, 4.69) is 0 Å². The minimum Gasteiger partial charge on any atom is -0.486 e. The summed E-state index contributed by atoms with van der Waals surface area (Å²) in [5, 5.41) is 10.3. The zero-order valence-corrected chi connectivity index (χ0v) is 9.67. The SMILES string of the molecule is Cc1cc2c(c(C3(O)CC3)c1C)OCCO2. The molecule has 1 saturated carbocycles. The molecule has 1 aromatic carbocycles. The molecule has 0 radical (unpaired) electrons. The Bertz CT molecular complexity index is 447. The van der Waals surface area contributed by atoms with Crippen LogP contribution in [0.25, 0.3) is 0 Å². The molecule has 3 heteroatoms. The van der Waals surface area contributed by atoms with Crippen LogP contribution in [0.2, 0.25) is 0 Å². The van der Waals surface area contributed by atoms with Crippen LogP contribution in [-0.2, 0) is 5.60 Å². The number of hydrogen-bond acceptors (Lipinski definition) is 3. The van der Waals surface area contributed by atoms with E-state index >= 15 is 0 Å². The maximum absolute atomic E-state index is 10.3. The molecule has 0 aromatic heterocycles. The molecule has 1 fully saturated rings. The standard InChI is InChI=1S/C13H16O3/c1-8-7-10-12(16-6-5-15-10)11(9(8)2)13(14)3-4-13/h7,14H,3-6H2,1-2H3. The molecule has 3 nitrogen and oxygen atoms in total. The number of rotatable bonds is 1. The van der Waals surface area contributed by atoms with Gasteiger partial charge in [-0.3, -0.25) is 0 Å². The smallest absolute Gasteiger partial charge is 0.167 e. The van der Waals surface area contributed by atoms with Crippen molar-refractivity contribution in [2.45, 2.75) is 32.3 Å². The monoisotopic (exact) mass is 220 g/mol. The quantitative estimate of drug-likeness (QED) is 0.787. The third kappa shape index (κ3) is 1.31. The third-order valence-corrected chi connectivity index (χ3v) is 3.54. The van der Waals surface area contributed by atoms with Crippen molar-refractivity contribution in [2.75, 3.05) is 13.2 Å². The molecule has 16 heavy (non-hydrogen) atoms. The van der Waals surface area contributed by atoms with E-state index in [0.717, 1.165) is 41.0 Å². The van der Waals surface area contributed by atoms with Gasteiger partial charge in [-0.2, -0.15) is 0 Å². The molecule has 86 valence electrons. The van der Waals surface area contributed by atoms with E-state index in [1.54, 1.807) is 0 Å². The molecule has 1 N–H and O–H groups in total. The molecule has 0 atom stereocenters. The highest BCUT2D eigenvalue weighted by molar-refractivity contribution is 5.58. The van der Waals surface area contributed by atoms with Gasteiger partial charge in [0.1, 0.15) is 13.2 Å². The topological polar surface area (TPSA) is 38.7 Å². The summed E-state index contributed by atoms with van der Waals surface area (Å²) in [6, 6.07) is 2.00. The number of aliphatic hydroxyl groups is 1. The van der Waals surface area contributed by atoms with Crippen LogP contribution < -0.4 is 9.47 Å². The molecule has 1 aliphatic heterocycles. The van der Waals surface area contributed by atoms with Crippen LogP contribution in [-0.4, -0.2) is 18.3 Å². The second-order valence-electron chi connectivity index (χ2n) is 4.75. The minimum atomic E-state index is -0.666. The van der Waals surface area contributed by atoms with Gasteiger partial charge >= 0.3 is 0 Å². The first kappa shape index (κ1) is 9.97. The van der Waals surface area contributed by atoms with Gasteiger partial charge in [0.2, 0.25) is 0 Å². The highest BCUT2D eigenvalue weighted by atomic mass is 16.6. The fourth-order valence-electron chi connectivity index (χ4n) is 2.34. The van der Waals surface area contributed by atoms with E-state index in [0.29, 0.717) is 13.2 Å². The Morgan fingerprint density at radius 1 is 1.19 bits per heavy atom. The number of fused-ring (bicyclic) bond motifs is 1. The summed E-state index contributed by atoms with van der Waals surface area (Å²) in [4.78, 5) is 0. The lowest BCUT2D eigenvalue weighted by Gasteiger charge is -2.25. The number of ether oxygens (including phenoxy) is 2. The summed E-state index contributed by atoms with van der Waals surface area (Å²) in [7, 11) is 0. The zero-order valence-electron chi connectivity index (χ0n) is 9.67. The largest absolute Gasteiger partial charge is 0.486 e. The Hall–Kier alpha value is -1.22. The number of aryl methyl sites for hydroxylation is 1. The second kappa shape index (κ2) is 3.14. The first-order valence-corrected chi connectivity index (χ1v) is 5.74. The fraction of sp³-hybridized carbons (Fsp3) is 0.538. The molecule has 0 spiro atoms. The van der Waals surface area contributed by atoms with E-state index < -0.39 is 5.60 Å². The Balaban J connectivity index is 2.23. The summed E-state index contributed by atoms with van der Waals surface area (Å²) < 4.78 is 11.3.